The third kappa shape index (κ3) is 4.48. The first-order chi connectivity index (χ1) is 14.9. The molecule has 164 valence electrons. The minimum Gasteiger partial charge on any atom is -0.471 e. The van der Waals surface area contributed by atoms with Gasteiger partial charge in [-0.1, -0.05) is 12.1 Å². The van der Waals surface area contributed by atoms with Gasteiger partial charge >= 0.3 is 0 Å². The lowest BCUT2D eigenvalue weighted by Crippen LogP contribution is -2.33. The maximum absolute atomic E-state index is 11.5. The fourth-order valence-electron chi connectivity index (χ4n) is 3.23. The van der Waals surface area contributed by atoms with Gasteiger partial charge in [-0.25, -0.2) is 4.98 Å². The van der Waals surface area contributed by atoms with Gasteiger partial charge in [0.2, 0.25) is 17.7 Å². The zero-order chi connectivity index (χ0) is 22.1. The second-order valence-electron chi connectivity index (χ2n) is 7.00. The summed E-state index contributed by atoms with van der Waals surface area (Å²) in [4.78, 5) is 24.4. The molecule has 4 N–H and O–H groups in total. The van der Waals surface area contributed by atoms with E-state index in [0.29, 0.717) is 0 Å². The zero-order valence-electron chi connectivity index (χ0n) is 16.3. The number of nitrogens with zero attached hydrogens (tertiary/aromatic N) is 4. The SMILES string of the molecule is CC(=O)Nc1nc(OCc2ccc(I)cc2)c2ncn([C@@H]3O[C@H](CO)[C@@H](O)[C@H]3O)c2n1. The van der Waals surface area contributed by atoms with E-state index in [9.17, 15) is 20.1 Å². The Labute approximate surface area is 190 Å². The first-order valence-corrected chi connectivity index (χ1v) is 10.5. The van der Waals surface area contributed by atoms with Gasteiger partial charge in [0.05, 0.1) is 12.9 Å². The molecule has 31 heavy (non-hydrogen) atoms. The molecule has 1 aromatic carbocycles. The smallest absolute Gasteiger partial charge is 0.247 e. The molecule has 2 aromatic heterocycles. The minimum atomic E-state index is -1.31. The van der Waals surface area contributed by atoms with E-state index < -0.39 is 31.1 Å². The molecule has 0 radical (unpaired) electrons. The van der Waals surface area contributed by atoms with Crippen molar-refractivity contribution in [2.24, 2.45) is 0 Å². The van der Waals surface area contributed by atoms with Crippen molar-refractivity contribution in [3.05, 3.63) is 39.7 Å². The van der Waals surface area contributed by atoms with Gasteiger partial charge in [-0.2, -0.15) is 9.97 Å². The first kappa shape index (κ1) is 21.8. The summed E-state index contributed by atoms with van der Waals surface area (Å²) in [6.07, 6.45) is -3.22. The molecule has 0 saturated carbocycles. The molecule has 4 rings (SSSR count). The Morgan fingerprint density at radius 1 is 1.26 bits per heavy atom. The van der Waals surface area contributed by atoms with Crippen molar-refractivity contribution < 1.29 is 29.6 Å². The van der Waals surface area contributed by atoms with E-state index in [-0.39, 0.29) is 35.5 Å². The topological polar surface area (TPSA) is 152 Å². The van der Waals surface area contributed by atoms with E-state index in [1.54, 1.807) is 0 Å². The molecule has 1 aliphatic rings. The molecular formula is C19H20IN5O6. The number of carbonyl (C=O) groups is 1. The summed E-state index contributed by atoms with van der Waals surface area (Å²) in [5.74, 6) is -0.245. The number of rotatable bonds is 6. The van der Waals surface area contributed by atoms with Crippen LogP contribution >= 0.6 is 22.6 Å². The third-order valence-electron chi connectivity index (χ3n) is 4.76. The summed E-state index contributed by atoms with van der Waals surface area (Å²) in [6.45, 7) is 1.07. The normalized spacial score (nSPS) is 23.3. The van der Waals surface area contributed by atoms with Gasteiger partial charge in [-0.3, -0.25) is 14.7 Å². The van der Waals surface area contributed by atoms with E-state index in [0.717, 1.165) is 9.13 Å². The fourth-order valence-corrected chi connectivity index (χ4v) is 3.59. The van der Waals surface area contributed by atoms with Gasteiger partial charge in [0, 0.05) is 10.5 Å². The largest absolute Gasteiger partial charge is 0.471 e. The summed E-state index contributed by atoms with van der Waals surface area (Å²) in [6, 6.07) is 7.75. The number of hydrogen-bond donors (Lipinski definition) is 4. The Bertz CT molecular complexity index is 1090. The summed E-state index contributed by atoms with van der Waals surface area (Å²) >= 11 is 2.21. The van der Waals surface area contributed by atoms with Crippen LogP contribution in [0.3, 0.4) is 0 Å². The van der Waals surface area contributed by atoms with Crippen LogP contribution in [0.25, 0.3) is 11.2 Å². The Hall–Kier alpha value is -2.39. The van der Waals surface area contributed by atoms with Crippen LogP contribution < -0.4 is 10.1 Å². The van der Waals surface area contributed by atoms with Gasteiger partial charge in [-0.05, 0) is 40.3 Å². The van der Waals surface area contributed by atoms with Crippen LogP contribution in [0.4, 0.5) is 5.95 Å². The lowest BCUT2D eigenvalue weighted by atomic mass is 10.1. The average Bonchev–Trinajstić information content (AvgIpc) is 3.28. The zero-order valence-corrected chi connectivity index (χ0v) is 18.5. The molecule has 0 aliphatic carbocycles. The monoisotopic (exact) mass is 541 g/mol. The Morgan fingerprint density at radius 2 is 2.00 bits per heavy atom. The van der Waals surface area contributed by atoms with Gasteiger partial charge in [0.25, 0.3) is 0 Å². The van der Waals surface area contributed by atoms with E-state index in [1.165, 1.54) is 17.8 Å². The number of halogens is 1. The van der Waals surface area contributed by atoms with Crippen LogP contribution in [0.15, 0.2) is 30.6 Å². The van der Waals surface area contributed by atoms with E-state index in [4.69, 9.17) is 9.47 Å². The Kier molecular flexibility index (Phi) is 6.34. The predicted octanol–water partition coefficient (Wildman–Crippen LogP) is 0.580. The number of hydrogen-bond acceptors (Lipinski definition) is 9. The maximum atomic E-state index is 11.5. The van der Waals surface area contributed by atoms with Crippen molar-refractivity contribution in [3.63, 3.8) is 0 Å². The number of fused-ring (bicyclic) bond motifs is 1. The summed E-state index contributed by atoms with van der Waals surface area (Å²) in [5, 5.41) is 32.3. The Balaban J connectivity index is 1.70. The highest BCUT2D eigenvalue weighted by molar-refractivity contribution is 14.1. The number of aliphatic hydroxyl groups excluding tert-OH is 3. The van der Waals surface area contributed by atoms with Crippen molar-refractivity contribution in [3.8, 4) is 5.88 Å². The number of amides is 1. The number of aromatic nitrogens is 4. The highest BCUT2D eigenvalue weighted by Crippen LogP contribution is 2.33. The third-order valence-corrected chi connectivity index (χ3v) is 5.48. The van der Waals surface area contributed by atoms with Gasteiger partial charge in [-0.15, -0.1) is 0 Å². The Morgan fingerprint density at radius 3 is 2.65 bits per heavy atom. The number of anilines is 1. The number of imidazole rings is 1. The van der Waals surface area contributed by atoms with E-state index in [1.807, 2.05) is 24.3 Å². The minimum absolute atomic E-state index is 0.00824. The standard InChI is InChI=1S/C19H20IN5O6/c1-9(27)22-19-23-16-13(17(24-19)30-7-10-2-4-11(20)5-3-10)21-8-25(16)18-15(29)14(28)12(6-26)31-18/h2-5,8,12,14-15,18,26,28-29H,6-7H2,1H3,(H,22,23,24,27)/t12-,14-,15-,18-/m1/s1. The van der Waals surface area contributed by atoms with Crippen LogP contribution in [0, 0.1) is 3.57 Å². The van der Waals surface area contributed by atoms with E-state index in [2.05, 4.69) is 42.9 Å². The van der Waals surface area contributed by atoms with Crippen molar-refractivity contribution in [1.82, 2.24) is 19.5 Å². The van der Waals surface area contributed by atoms with Crippen molar-refractivity contribution >= 4 is 45.6 Å². The first-order valence-electron chi connectivity index (χ1n) is 9.39. The number of carbonyl (C=O) groups excluding carboxylic acids is 1. The highest BCUT2D eigenvalue weighted by atomic mass is 127. The van der Waals surface area contributed by atoms with Crippen LogP contribution in [-0.2, 0) is 16.1 Å². The molecule has 0 spiro atoms. The fraction of sp³-hybridized carbons (Fsp3) is 0.368. The van der Waals surface area contributed by atoms with Crippen molar-refractivity contribution in [2.75, 3.05) is 11.9 Å². The molecule has 0 bridgehead atoms. The number of nitrogens with one attached hydrogen (secondary N) is 1. The van der Waals surface area contributed by atoms with Crippen LogP contribution in [0.2, 0.25) is 0 Å². The molecule has 1 fully saturated rings. The second kappa shape index (κ2) is 9.00. The maximum Gasteiger partial charge on any atom is 0.247 e. The molecule has 4 atom stereocenters. The molecule has 11 nitrogen and oxygen atoms in total. The second-order valence-corrected chi connectivity index (χ2v) is 8.25. The number of benzene rings is 1. The van der Waals surface area contributed by atoms with Crippen molar-refractivity contribution in [1.29, 1.82) is 0 Å². The van der Waals surface area contributed by atoms with Gasteiger partial charge in [0.1, 0.15) is 24.9 Å². The molecule has 1 aliphatic heterocycles. The summed E-state index contributed by atoms with van der Waals surface area (Å²) in [5.41, 5.74) is 1.43. The molecule has 12 heteroatoms. The van der Waals surface area contributed by atoms with Gasteiger partial charge in [0.15, 0.2) is 17.4 Å². The van der Waals surface area contributed by atoms with Crippen LogP contribution in [0.1, 0.15) is 18.7 Å². The highest BCUT2D eigenvalue weighted by Gasteiger charge is 2.44. The summed E-state index contributed by atoms with van der Waals surface area (Å²) < 4.78 is 13.9. The quantitative estimate of drug-likeness (QED) is 0.329. The van der Waals surface area contributed by atoms with Crippen LogP contribution in [-0.4, -0.2) is 65.7 Å². The molecule has 3 heterocycles. The average molecular weight is 541 g/mol. The van der Waals surface area contributed by atoms with E-state index >= 15 is 0 Å². The predicted molar refractivity (Wildman–Crippen MR) is 116 cm³/mol. The molecule has 3 aromatic rings. The number of ether oxygens (including phenoxy) is 2. The lowest BCUT2D eigenvalue weighted by molar-refractivity contribution is -0.114. The molecule has 0 unspecified atom stereocenters. The lowest BCUT2D eigenvalue weighted by Gasteiger charge is -2.17. The molecule has 1 amide bonds. The number of aliphatic hydroxyl groups is 3. The molecule has 1 saturated heterocycles. The van der Waals surface area contributed by atoms with Crippen molar-refractivity contribution in [2.45, 2.75) is 38.1 Å². The summed E-state index contributed by atoms with van der Waals surface area (Å²) in [7, 11) is 0. The molecular weight excluding hydrogens is 521 g/mol. The van der Waals surface area contributed by atoms with Crippen LogP contribution in [0.5, 0.6) is 5.88 Å². The van der Waals surface area contributed by atoms with Gasteiger partial charge < -0.3 is 24.8 Å².